The van der Waals surface area contributed by atoms with Crippen LogP contribution in [0.5, 0.6) is 0 Å². The lowest BCUT2D eigenvalue weighted by Crippen LogP contribution is -2.36. The number of carbonyl (C=O) groups excluding carboxylic acids is 1. The van der Waals surface area contributed by atoms with E-state index in [1.165, 1.54) is 6.26 Å². The standard InChI is InChI=1S/C11H14BrFN2O4S2/c1-6(5-20(2)17)15-11(16)8-3-7(12)4-9(10(8)13)21(14,18)19/h3-4,6H,5H2,1-2H3,(H,15,16)(H2,14,18,19). The van der Waals surface area contributed by atoms with Gasteiger partial charge in [-0.2, -0.15) is 0 Å². The largest absolute Gasteiger partial charge is 0.349 e. The minimum atomic E-state index is -4.29. The Bertz CT molecular complexity index is 694. The lowest BCUT2D eigenvalue weighted by atomic mass is 10.2. The summed E-state index contributed by atoms with van der Waals surface area (Å²) in [6, 6.07) is 1.67. The number of primary sulfonamides is 1. The van der Waals surface area contributed by atoms with Crippen LogP contribution in [-0.4, -0.2) is 36.6 Å². The minimum absolute atomic E-state index is 0.198. The average Bonchev–Trinajstić information content (AvgIpc) is 2.28. The van der Waals surface area contributed by atoms with Crippen LogP contribution in [0, 0.1) is 5.82 Å². The van der Waals surface area contributed by atoms with E-state index >= 15 is 0 Å². The van der Waals surface area contributed by atoms with Gasteiger partial charge in [0.05, 0.1) is 5.56 Å². The van der Waals surface area contributed by atoms with Gasteiger partial charge in [-0.3, -0.25) is 9.00 Å². The van der Waals surface area contributed by atoms with Crippen molar-refractivity contribution in [2.24, 2.45) is 5.14 Å². The topological polar surface area (TPSA) is 106 Å². The summed E-state index contributed by atoms with van der Waals surface area (Å²) in [6.45, 7) is 1.61. The van der Waals surface area contributed by atoms with Gasteiger partial charge in [0.25, 0.3) is 5.91 Å². The van der Waals surface area contributed by atoms with Gasteiger partial charge in [0.1, 0.15) is 4.90 Å². The summed E-state index contributed by atoms with van der Waals surface area (Å²) in [7, 11) is -5.42. The molecule has 3 N–H and O–H groups in total. The minimum Gasteiger partial charge on any atom is -0.349 e. The van der Waals surface area contributed by atoms with E-state index < -0.39 is 49.0 Å². The summed E-state index contributed by atoms with van der Waals surface area (Å²) in [5, 5.41) is 7.35. The Morgan fingerprint density at radius 1 is 1.52 bits per heavy atom. The molecule has 1 aromatic rings. The summed E-state index contributed by atoms with van der Waals surface area (Å²) >= 11 is 3.00. The van der Waals surface area contributed by atoms with Gasteiger partial charge in [-0.25, -0.2) is 17.9 Å². The van der Waals surface area contributed by atoms with Crippen LogP contribution in [0.1, 0.15) is 17.3 Å². The second-order valence-electron chi connectivity index (χ2n) is 4.42. The van der Waals surface area contributed by atoms with Crippen molar-refractivity contribution >= 4 is 42.7 Å². The Morgan fingerprint density at radius 2 is 2.10 bits per heavy atom. The summed E-state index contributed by atoms with van der Waals surface area (Å²) in [4.78, 5) is 11.2. The second-order valence-corrected chi connectivity index (χ2v) is 8.35. The molecule has 0 aliphatic carbocycles. The molecular formula is C11H14BrFN2O4S2. The van der Waals surface area contributed by atoms with Crippen molar-refractivity contribution in [3.05, 3.63) is 28.0 Å². The zero-order valence-corrected chi connectivity index (χ0v) is 14.4. The Morgan fingerprint density at radius 3 is 2.57 bits per heavy atom. The summed E-state index contributed by atoms with van der Waals surface area (Å²) in [5.41, 5.74) is -0.456. The van der Waals surface area contributed by atoms with Crippen molar-refractivity contribution in [2.45, 2.75) is 17.9 Å². The molecular weight excluding hydrogens is 387 g/mol. The first-order valence-electron chi connectivity index (χ1n) is 5.65. The van der Waals surface area contributed by atoms with E-state index in [4.69, 9.17) is 5.14 Å². The van der Waals surface area contributed by atoms with Crippen LogP contribution in [0.4, 0.5) is 4.39 Å². The number of hydrogen-bond donors (Lipinski definition) is 2. The molecule has 10 heteroatoms. The van der Waals surface area contributed by atoms with Crippen LogP contribution >= 0.6 is 15.9 Å². The molecule has 6 nitrogen and oxygen atoms in total. The van der Waals surface area contributed by atoms with Crippen molar-refractivity contribution < 1.29 is 21.8 Å². The van der Waals surface area contributed by atoms with Crippen molar-refractivity contribution in [1.82, 2.24) is 5.32 Å². The van der Waals surface area contributed by atoms with Gasteiger partial charge in [0.15, 0.2) is 5.82 Å². The molecule has 1 amide bonds. The van der Waals surface area contributed by atoms with E-state index in [1.54, 1.807) is 6.92 Å². The molecule has 0 saturated heterocycles. The molecule has 118 valence electrons. The molecule has 0 fully saturated rings. The van der Waals surface area contributed by atoms with Gasteiger partial charge < -0.3 is 5.32 Å². The van der Waals surface area contributed by atoms with E-state index in [-0.39, 0.29) is 10.2 Å². The van der Waals surface area contributed by atoms with Gasteiger partial charge in [0.2, 0.25) is 10.0 Å². The molecule has 2 unspecified atom stereocenters. The maximum Gasteiger partial charge on any atom is 0.254 e. The monoisotopic (exact) mass is 400 g/mol. The van der Waals surface area contributed by atoms with Crippen LogP contribution in [0.3, 0.4) is 0 Å². The number of nitrogens with two attached hydrogens (primary N) is 1. The number of halogens is 2. The van der Waals surface area contributed by atoms with Gasteiger partial charge in [-0.15, -0.1) is 0 Å². The highest BCUT2D eigenvalue weighted by atomic mass is 79.9. The van der Waals surface area contributed by atoms with Crippen LogP contribution < -0.4 is 10.5 Å². The molecule has 1 aromatic carbocycles. The SMILES string of the molecule is CC(CS(C)=O)NC(=O)c1cc(Br)cc(S(N)(=O)=O)c1F. The van der Waals surface area contributed by atoms with Crippen LogP contribution in [-0.2, 0) is 20.8 Å². The highest BCUT2D eigenvalue weighted by molar-refractivity contribution is 9.10. The Hall–Kier alpha value is -0.840. The molecule has 0 spiro atoms. The van der Waals surface area contributed by atoms with Gasteiger partial charge >= 0.3 is 0 Å². The fraction of sp³-hybridized carbons (Fsp3) is 0.364. The van der Waals surface area contributed by atoms with Crippen molar-refractivity contribution in [2.75, 3.05) is 12.0 Å². The molecule has 0 heterocycles. The van der Waals surface area contributed by atoms with Crippen molar-refractivity contribution in [3.63, 3.8) is 0 Å². The average molecular weight is 401 g/mol. The van der Waals surface area contributed by atoms with E-state index in [9.17, 15) is 21.8 Å². The van der Waals surface area contributed by atoms with E-state index in [1.807, 2.05) is 0 Å². The second kappa shape index (κ2) is 6.95. The predicted octanol–water partition coefficient (Wildman–Crippen LogP) is 0.732. The molecule has 0 radical (unpaired) electrons. The molecule has 0 saturated carbocycles. The molecule has 2 atom stereocenters. The molecule has 0 aliphatic heterocycles. The predicted molar refractivity (Wildman–Crippen MR) is 81.3 cm³/mol. The maximum absolute atomic E-state index is 14.1. The third-order valence-electron chi connectivity index (χ3n) is 2.42. The van der Waals surface area contributed by atoms with E-state index in [0.717, 1.165) is 12.1 Å². The number of carbonyl (C=O) groups is 1. The molecule has 1 rings (SSSR count). The molecule has 21 heavy (non-hydrogen) atoms. The first kappa shape index (κ1) is 18.2. The fourth-order valence-electron chi connectivity index (χ4n) is 1.63. The summed E-state index contributed by atoms with van der Waals surface area (Å²) in [5.74, 6) is -1.83. The quantitative estimate of drug-likeness (QED) is 0.759. The Balaban J connectivity index is 3.17. The zero-order chi connectivity index (χ0) is 16.4. The third kappa shape index (κ3) is 5.13. The Labute approximate surface area is 132 Å². The smallest absolute Gasteiger partial charge is 0.254 e. The first-order valence-corrected chi connectivity index (χ1v) is 9.71. The Kier molecular flexibility index (Phi) is 6.02. The summed E-state index contributed by atoms with van der Waals surface area (Å²) in [6.07, 6.45) is 1.47. The summed E-state index contributed by atoms with van der Waals surface area (Å²) < 4.78 is 48.0. The molecule has 0 aliphatic rings. The van der Waals surface area contributed by atoms with Crippen molar-refractivity contribution in [3.8, 4) is 0 Å². The number of amides is 1. The molecule has 0 aromatic heterocycles. The normalized spacial score (nSPS) is 14.5. The van der Waals surface area contributed by atoms with Gasteiger partial charge in [-0.05, 0) is 19.1 Å². The lowest BCUT2D eigenvalue weighted by molar-refractivity contribution is 0.0939. The van der Waals surface area contributed by atoms with E-state index in [2.05, 4.69) is 21.2 Å². The van der Waals surface area contributed by atoms with Crippen molar-refractivity contribution in [1.29, 1.82) is 0 Å². The van der Waals surface area contributed by atoms with Gasteiger partial charge in [0, 0.05) is 33.3 Å². The fourth-order valence-corrected chi connectivity index (χ4v) is 3.68. The number of benzene rings is 1. The first-order chi connectivity index (χ1) is 9.52. The van der Waals surface area contributed by atoms with E-state index in [0.29, 0.717) is 0 Å². The van der Waals surface area contributed by atoms with Crippen LogP contribution in [0.2, 0.25) is 0 Å². The van der Waals surface area contributed by atoms with Crippen LogP contribution in [0.15, 0.2) is 21.5 Å². The number of rotatable bonds is 5. The number of sulfonamides is 1. The highest BCUT2D eigenvalue weighted by Crippen LogP contribution is 2.23. The zero-order valence-electron chi connectivity index (χ0n) is 11.2. The van der Waals surface area contributed by atoms with Crippen LogP contribution in [0.25, 0.3) is 0 Å². The third-order valence-corrected chi connectivity index (χ3v) is 4.75. The van der Waals surface area contributed by atoms with Gasteiger partial charge in [-0.1, -0.05) is 15.9 Å². The number of nitrogens with one attached hydrogen (secondary N) is 1. The number of hydrogen-bond acceptors (Lipinski definition) is 4. The highest BCUT2D eigenvalue weighted by Gasteiger charge is 2.23. The molecule has 0 bridgehead atoms. The lowest BCUT2D eigenvalue weighted by Gasteiger charge is -2.14. The maximum atomic E-state index is 14.1.